The molecule has 2 aromatic heterocycles. The van der Waals surface area contributed by atoms with E-state index >= 15 is 0 Å². The fraction of sp³-hybridized carbons (Fsp3) is 0.440. The van der Waals surface area contributed by atoms with E-state index in [2.05, 4.69) is 44.8 Å². The molecule has 1 spiro atoms. The van der Waals surface area contributed by atoms with Gasteiger partial charge in [0.2, 0.25) is 5.88 Å². The van der Waals surface area contributed by atoms with Gasteiger partial charge in [-0.1, -0.05) is 12.1 Å². The third kappa shape index (κ3) is 5.59. The number of fused-ring (bicyclic) bond motifs is 1. The lowest BCUT2D eigenvalue weighted by molar-refractivity contribution is -0.192. The minimum Gasteiger partial charge on any atom is -0.475 e. The quantitative estimate of drug-likeness (QED) is 0.475. The van der Waals surface area contributed by atoms with Gasteiger partial charge in [-0.3, -0.25) is 10.1 Å². The van der Waals surface area contributed by atoms with Crippen molar-refractivity contribution in [3.63, 3.8) is 0 Å². The van der Waals surface area contributed by atoms with Crippen molar-refractivity contribution < 1.29 is 32.5 Å². The van der Waals surface area contributed by atoms with Crippen LogP contribution in [-0.2, 0) is 9.53 Å². The summed E-state index contributed by atoms with van der Waals surface area (Å²) in [5.74, 6) is -2.18. The van der Waals surface area contributed by atoms with E-state index in [1.807, 2.05) is 0 Å². The molecule has 1 aromatic carbocycles. The summed E-state index contributed by atoms with van der Waals surface area (Å²) >= 11 is 0. The van der Waals surface area contributed by atoms with Gasteiger partial charge < -0.3 is 19.9 Å². The van der Waals surface area contributed by atoms with E-state index in [1.165, 1.54) is 30.4 Å². The van der Waals surface area contributed by atoms with E-state index in [4.69, 9.17) is 24.4 Å². The number of aromatic nitrogens is 4. The first-order valence-corrected chi connectivity index (χ1v) is 12.0. The number of nitrogens with one attached hydrogen (secondary N) is 2. The first-order chi connectivity index (χ1) is 17.7. The summed E-state index contributed by atoms with van der Waals surface area (Å²) in [7, 11) is 0. The van der Waals surface area contributed by atoms with Crippen molar-refractivity contribution in [1.29, 1.82) is 0 Å². The number of carboxylic acids is 1. The molecule has 1 saturated carbocycles. The molecule has 6 rings (SSSR count). The van der Waals surface area contributed by atoms with Gasteiger partial charge in [-0.2, -0.15) is 18.3 Å². The number of rotatable bonds is 4. The number of H-pyrrole nitrogens is 1. The molecule has 0 radical (unpaired) electrons. The molecule has 1 saturated heterocycles. The van der Waals surface area contributed by atoms with Crippen molar-refractivity contribution in [2.45, 2.75) is 38.0 Å². The first kappa shape index (κ1) is 25.2. The summed E-state index contributed by atoms with van der Waals surface area (Å²) in [6.45, 7) is 3.40. The topological polar surface area (TPSA) is 122 Å². The molecule has 3 aromatic rings. The largest absolute Gasteiger partial charge is 0.490 e. The van der Waals surface area contributed by atoms with Gasteiger partial charge in [-0.15, -0.1) is 0 Å². The van der Waals surface area contributed by atoms with E-state index in [-0.39, 0.29) is 6.10 Å². The Morgan fingerprint density at radius 3 is 2.73 bits per heavy atom. The number of hydrogen-bond acceptors (Lipinski definition) is 7. The highest BCUT2D eigenvalue weighted by atomic mass is 19.4. The van der Waals surface area contributed by atoms with Crippen LogP contribution < -0.4 is 10.1 Å². The molecule has 0 amide bonds. The van der Waals surface area contributed by atoms with Crippen LogP contribution in [0.5, 0.6) is 5.88 Å². The number of halogens is 3. The van der Waals surface area contributed by atoms with Gasteiger partial charge in [0.1, 0.15) is 17.5 Å². The van der Waals surface area contributed by atoms with Gasteiger partial charge in [-0.25, -0.2) is 9.78 Å². The third-order valence-corrected chi connectivity index (χ3v) is 6.96. The zero-order valence-electron chi connectivity index (χ0n) is 19.8. The minimum absolute atomic E-state index is 0.166. The summed E-state index contributed by atoms with van der Waals surface area (Å²) < 4.78 is 43.5. The zero-order chi connectivity index (χ0) is 26.0. The number of carbonyl (C=O) groups is 1. The summed E-state index contributed by atoms with van der Waals surface area (Å²) in [5.41, 5.74) is 5.39. The smallest absolute Gasteiger partial charge is 0.475 e. The predicted molar refractivity (Wildman–Crippen MR) is 128 cm³/mol. The molecule has 1 atom stereocenters. The number of piperidine rings is 1. The Balaban J connectivity index is 0.000000355. The van der Waals surface area contributed by atoms with Crippen LogP contribution in [0.15, 0.2) is 36.7 Å². The van der Waals surface area contributed by atoms with E-state index < -0.39 is 12.1 Å². The molecule has 3 N–H and O–H groups in total. The van der Waals surface area contributed by atoms with Crippen LogP contribution in [0, 0.1) is 5.41 Å². The number of benzene rings is 1. The van der Waals surface area contributed by atoms with E-state index in [9.17, 15) is 13.2 Å². The highest BCUT2D eigenvalue weighted by Gasteiger charge is 2.52. The number of nitrogens with zero attached hydrogens (tertiary/aromatic N) is 3. The second-order valence-corrected chi connectivity index (χ2v) is 9.36. The monoisotopic (exact) mass is 517 g/mol. The lowest BCUT2D eigenvalue weighted by Crippen LogP contribution is -2.45. The molecule has 9 nitrogen and oxygen atoms in total. The summed E-state index contributed by atoms with van der Waals surface area (Å²) in [5, 5.41) is 19.3. The van der Waals surface area contributed by atoms with E-state index in [1.54, 1.807) is 12.4 Å². The van der Waals surface area contributed by atoms with Crippen LogP contribution >= 0.6 is 0 Å². The number of alkyl halides is 3. The van der Waals surface area contributed by atoms with Gasteiger partial charge in [0, 0.05) is 17.3 Å². The predicted octanol–water partition coefficient (Wildman–Crippen LogP) is 3.98. The average molecular weight is 518 g/mol. The summed E-state index contributed by atoms with van der Waals surface area (Å²) in [6.07, 6.45) is 5.32. The number of ether oxygens (including phenoxy) is 2. The van der Waals surface area contributed by atoms with Gasteiger partial charge in [-0.05, 0) is 55.5 Å². The average Bonchev–Trinajstić information content (AvgIpc) is 3.53. The van der Waals surface area contributed by atoms with E-state index in [0.29, 0.717) is 17.9 Å². The van der Waals surface area contributed by atoms with E-state index in [0.717, 1.165) is 48.4 Å². The third-order valence-electron chi connectivity index (χ3n) is 6.96. The molecule has 3 aliphatic rings. The Labute approximate surface area is 210 Å². The van der Waals surface area contributed by atoms with Gasteiger partial charge in [0.15, 0.2) is 0 Å². The Morgan fingerprint density at radius 1 is 1.22 bits per heavy atom. The molecule has 2 fully saturated rings. The SMILES string of the molecule is C1=C(c2ccc3[nH]nc(-c4cncc(OC5CNCCC56CC6)n4)c3c2)CCOC1.O=C(O)C(F)(F)F. The van der Waals surface area contributed by atoms with Crippen molar-refractivity contribution in [2.24, 2.45) is 5.41 Å². The second-order valence-electron chi connectivity index (χ2n) is 9.36. The number of carboxylic acid groups (broad SMARTS) is 1. The Morgan fingerprint density at radius 2 is 2.03 bits per heavy atom. The lowest BCUT2D eigenvalue weighted by atomic mass is 9.92. The highest BCUT2D eigenvalue weighted by Crippen LogP contribution is 2.53. The van der Waals surface area contributed by atoms with Crippen LogP contribution in [0.1, 0.15) is 31.2 Å². The highest BCUT2D eigenvalue weighted by molar-refractivity contribution is 5.94. The second kappa shape index (κ2) is 10.1. The van der Waals surface area contributed by atoms with Crippen LogP contribution in [0.3, 0.4) is 0 Å². The standard InChI is InChI=1S/C23H25N5O2.C2HF3O2/c1-2-18-17(11-16(1)15-3-9-29-10-4-15)22(28-27-18)19-12-25-14-21(26-19)30-20-13-24-8-7-23(20)5-6-23;3-2(4,5)1(6)7/h1-3,11-12,14,20,24H,4-10,13H2,(H,27,28);(H,6,7). The molecule has 4 heterocycles. The minimum atomic E-state index is -5.08. The molecule has 2 aliphatic heterocycles. The molecule has 196 valence electrons. The molecular formula is C25H26F3N5O4. The van der Waals surface area contributed by atoms with Crippen LogP contribution in [0.2, 0.25) is 0 Å². The van der Waals surface area contributed by atoms with Crippen LogP contribution in [0.25, 0.3) is 27.9 Å². The van der Waals surface area contributed by atoms with Gasteiger partial charge in [0.05, 0.1) is 31.1 Å². The van der Waals surface area contributed by atoms with Gasteiger partial charge in [0.25, 0.3) is 0 Å². The van der Waals surface area contributed by atoms with Gasteiger partial charge >= 0.3 is 12.1 Å². The van der Waals surface area contributed by atoms with Crippen molar-refractivity contribution in [3.05, 3.63) is 42.2 Å². The molecule has 1 aliphatic carbocycles. The Hall–Kier alpha value is -3.51. The lowest BCUT2D eigenvalue weighted by Gasteiger charge is -2.32. The van der Waals surface area contributed by atoms with Crippen molar-refractivity contribution in [3.8, 4) is 17.3 Å². The summed E-state index contributed by atoms with van der Waals surface area (Å²) in [6, 6.07) is 6.40. The maximum absolute atomic E-state index is 10.6. The zero-order valence-corrected chi connectivity index (χ0v) is 19.8. The van der Waals surface area contributed by atoms with Crippen LogP contribution in [0.4, 0.5) is 13.2 Å². The van der Waals surface area contributed by atoms with Crippen LogP contribution in [-0.4, -0.2) is 69.8 Å². The molecule has 0 bridgehead atoms. The maximum atomic E-state index is 10.6. The fourth-order valence-electron chi connectivity index (χ4n) is 4.71. The summed E-state index contributed by atoms with van der Waals surface area (Å²) in [4.78, 5) is 18.1. The normalized spacial score (nSPS) is 20.6. The molecule has 12 heteroatoms. The van der Waals surface area contributed by atoms with Crippen molar-refractivity contribution in [1.82, 2.24) is 25.5 Å². The van der Waals surface area contributed by atoms with Crippen molar-refractivity contribution in [2.75, 3.05) is 26.3 Å². The maximum Gasteiger partial charge on any atom is 0.490 e. The van der Waals surface area contributed by atoms with Crippen molar-refractivity contribution >= 4 is 22.4 Å². The molecule has 1 unspecified atom stereocenters. The first-order valence-electron chi connectivity index (χ1n) is 12.0. The molecule has 37 heavy (non-hydrogen) atoms. The number of hydrogen-bond donors (Lipinski definition) is 3. The Kier molecular flexibility index (Phi) is 6.86. The number of aliphatic carboxylic acids is 1. The molecular weight excluding hydrogens is 491 g/mol. The number of aromatic amines is 1. The fourth-order valence-corrected chi connectivity index (χ4v) is 4.71. The Bertz CT molecular complexity index is 1320.